The number of benzene rings is 1. The maximum atomic E-state index is 10.4. The molecule has 1 unspecified atom stereocenters. The zero-order valence-corrected chi connectivity index (χ0v) is 8.09. The molecule has 0 aliphatic carbocycles. The van der Waals surface area contributed by atoms with E-state index in [4.69, 9.17) is 9.84 Å². The van der Waals surface area contributed by atoms with Crippen LogP contribution in [0.25, 0.3) is 0 Å². The van der Waals surface area contributed by atoms with Gasteiger partial charge in [0.1, 0.15) is 5.75 Å². The molecule has 0 heterocycles. The number of hydrogen-bond acceptors (Lipinski definition) is 3. The summed E-state index contributed by atoms with van der Waals surface area (Å²) in [6, 6.07) is 8.68. The molecule has 0 aliphatic rings. The molecule has 4 heteroatoms. The van der Waals surface area contributed by atoms with Crippen LogP contribution >= 0.6 is 0 Å². The number of aliphatic hydroxyl groups excluding tert-OH is 1. The number of aliphatic carboxylic acids is 1. The van der Waals surface area contributed by atoms with Gasteiger partial charge >= 0.3 is 5.97 Å². The number of carboxylic acid groups (broad SMARTS) is 1. The van der Waals surface area contributed by atoms with E-state index in [9.17, 15) is 9.90 Å². The molecule has 15 heavy (non-hydrogen) atoms. The van der Waals surface area contributed by atoms with Gasteiger partial charge in [-0.1, -0.05) is 24.8 Å². The molecule has 80 valence electrons. The number of para-hydroxylation sites is 1. The molecule has 1 rings (SSSR count). The lowest BCUT2D eigenvalue weighted by Gasteiger charge is -2.12. The van der Waals surface area contributed by atoms with Crippen molar-refractivity contribution in [2.45, 2.75) is 12.7 Å². The predicted octanol–water partition coefficient (Wildman–Crippen LogP) is 1.41. The minimum atomic E-state index is -1.18. The summed E-state index contributed by atoms with van der Waals surface area (Å²) in [4.78, 5) is 10.4. The summed E-state index contributed by atoms with van der Waals surface area (Å²) in [5.41, 5.74) is -0.0848. The van der Waals surface area contributed by atoms with E-state index in [1.54, 1.807) is 24.3 Å². The first kappa shape index (κ1) is 11.3. The van der Waals surface area contributed by atoms with Gasteiger partial charge in [-0.05, 0) is 12.1 Å². The summed E-state index contributed by atoms with van der Waals surface area (Å²) in [5.74, 6) is -0.645. The normalized spacial score (nSPS) is 11.8. The summed E-state index contributed by atoms with van der Waals surface area (Å²) in [6.07, 6.45) is -1.31. The highest BCUT2D eigenvalue weighted by Gasteiger charge is 2.12. The Labute approximate surface area is 87.4 Å². The number of ether oxygens (including phenoxy) is 1. The highest BCUT2D eigenvalue weighted by molar-refractivity contribution is 5.85. The molecule has 0 saturated carbocycles. The molecule has 0 aliphatic heterocycles. The Hall–Kier alpha value is -1.81. The van der Waals surface area contributed by atoms with Crippen LogP contribution in [-0.4, -0.2) is 22.5 Å². The van der Waals surface area contributed by atoms with E-state index in [1.165, 1.54) is 0 Å². The topological polar surface area (TPSA) is 66.8 Å². The van der Waals surface area contributed by atoms with Crippen LogP contribution in [0, 0.1) is 0 Å². The molecule has 0 spiro atoms. The molecule has 1 aromatic carbocycles. The molecule has 0 amide bonds. The van der Waals surface area contributed by atoms with Gasteiger partial charge in [-0.15, -0.1) is 0 Å². The van der Waals surface area contributed by atoms with Crippen molar-refractivity contribution in [3.63, 3.8) is 0 Å². The second-order valence-electron chi connectivity index (χ2n) is 3.00. The van der Waals surface area contributed by atoms with Crippen molar-refractivity contribution >= 4 is 5.97 Å². The van der Waals surface area contributed by atoms with Crippen LogP contribution in [0.4, 0.5) is 0 Å². The van der Waals surface area contributed by atoms with Crippen molar-refractivity contribution in [1.82, 2.24) is 0 Å². The average molecular weight is 208 g/mol. The highest BCUT2D eigenvalue weighted by atomic mass is 16.6. The Morgan fingerprint density at radius 1 is 1.40 bits per heavy atom. The standard InChI is InChI=1S/C11H12O4/c1-8(11(13)14)7-10(12)15-9-5-3-2-4-6-9/h2-6,10,12H,1,7H2,(H,13,14). The number of hydrogen-bond donors (Lipinski definition) is 2. The Morgan fingerprint density at radius 2 is 2.00 bits per heavy atom. The van der Waals surface area contributed by atoms with Gasteiger partial charge in [0, 0.05) is 12.0 Å². The Bertz CT molecular complexity index is 345. The number of carboxylic acids is 1. The van der Waals surface area contributed by atoms with E-state index < -0.39 is 12.3 Å². The van der Waals surface area contributed by atoms with Crippen molar-refractivity contribution in [2.75, 3.05) is 0 Å². The fourth-order valence-corrected chi connectivity index (χ4v) is 0.996. The molecular weight excluding hydrogens is 196 g/mol. The zero-order chi connectivity index (χ0) is 11.3. The van der Waals surface area contributed by atoms with Gasteiger partial charge in [-0.2, -0.15) is 0 Å². The number of carbonyl (C=O) groups is 1. The highest BCUT2D eigenvalue weighted by Crippen LogP contribution is 2.13. The summed E-state index contributed by atoms with van der Waals surface area (Å²) in [7, 11) is 0. The minimum absolute atomic E-state index is 0.0848. The van der Waals surface area contributed by atoms with Gasteiger partial charge in [0.2, 0.25) is 6.29 Å². The molecule has 4 nitrogen and oxygen atoms in total. The van der Waals surface area contributed by atoms with Crippen LogP contribution in [0.3, 0.4) is 0 Å². The van der Waals surface area contributed by atoms with E-state index in [-0.39, 0.29) is 12.0 Å². The summed E-state index contributed by atoms with van der Waals surface area (Å²) >= 11 is 0. The quantitative estimate of drug-likeness (QED) is 0.567. The third kappa shape index (κ3) is 3.83. The van der Waals surface area contributed by atoms with E-state index in [0.717, 1.165) is 0 Å². The Balaban J connectivity index is 2.46. The lowest BCUT2D eigenvalue weighted by molar-refractivity contribution is -0.133. The van der Waals surface area contributed by atoms with Crippen LogP contribution in [-0.2, 0) is 4.79 Å². The molecule has 0 bridgehead atoms. The smallest absolute Gasteiger partial charge is 0.331 e. The second-order valence-corrected chi connectivity index (χ2v) is 3.00. The van der Waals surface area contributed by atoms with E-state index >= 15 is 0 Å². The number of aliphatic hydroxyl groups is 1. The SMILES string of the molecule is C=C(CC(O)Oc1ccccc1)C(=O)O. The van der Waals surface area contributed by atoms with Crippen molar-refractivity contribution in [3.8, 4) is 5.75 Å². The van der Waals surface area contributed by atoms with Crippen LogP contribution in [0.5, 0.6) is 5.75 Å². The average Bonchev–Trinajstić information content (AvgIpc) is 2.18. The Morgan fingerprint density at radius 3 is 2.53 bits per heavy atom. The molecule has 0 fully saturated rings. The van der Waals surface area contributed by atoms with Gasteiger partial charge in [0.25, 0.3) is 0 Å². The fourth-order valence-electron chi connectivity index (χ4n) is 0.996. The second kappa shape index (κ2) is 5.17. The lowest BCUT2D eigenvalue weighted by atomic mass is 10.2. The first-order valence-electron chi connectivity index (χ1n) is 4.40. The number of rotatable bonds is 5. The summed E-state index contributed by atoms with van der Waals surface area (Å²) in [6.45, 7) is 3.30. The van der Waals surface area contributed by atoms with Gasteiger partial charge in [0.05, 0.1) is 0 Å². The first-order valence-corrected chi connectivity index (χ1v) is 4.40. The van der Waals surface area contributed by atoms with Crippen LogP contribution in [0.2, 0.25) is 0 Å². The van der Waals surface area contributed by atoms with Crippen molar-refractivity contribution in [1.29, 1.82) is 0 Å². The third-order valence-electron chi connectivity index (χ3n) is 1.74. The lowest BCUT2D eigenvalue weighted by Crippen LogP contribution is -2.18. The molecule has 1 aromatic rings. The summed E-state index contributed by atoms with van der Waals surface area (Å²) < 4.78 is 5.07. The van der Waals surface area contributed by atoms with Crippen LogP contribution in [0.15, 0.2) is 42.5 Å². The van der Waals surface area contributed by atoms with Crippen molar-refractivity contribution in [2.24, 2.45) is 0 Å². The molecule has 1 atom stereocenters. The maximum absolute atomic E-state index is 10.4. The minimum Gasteiger partial charge on any atom is -0.478 e. The van der Waals surface area contributed by atoms with Gasteiger partial charge in [-0.25, -0.2) is 4.79 Å². The molecule has 2 N–H and O–H groups in total. The molecule has 0 aromatic heterocycles. The third-order valence-corrected chi connectivity index (χ3v) is 1.74. The van der Waals surface area contributed by atoms with E-state index in [0.29, 0.717) is 5.75 Å². The first-order chi connectivity index (χ1) is 7.09. The van der Waals surface area contributed by atoms with E-state index in [2.05, 4.69) is 6.58 Å². The van der Waals surface area contributed by atoms with Crippen molar-refractivity contribution in [3.05, 3.63) is 42.5 Å². The molecule has 0 radical (unpaired) electrons. The Kier molecular flexibility index (Phi) is 3.88. The van der Waals surface area contributed by atoms with Crippen molar-refractivity contribution < 1.29 is 19.7 Å². The van der Waals surface area contributed by atoms with Gasteiger partial charge < -0.3 is 14.9 Å². The van der Waals surface area contributed by atoms with E-state index in [1.807, 2.05) is 6.07 Å². The molecular formula is C11H12O4. The van der Waals surface area contributed by atoms with Gasteiger partial charge in [0.15, 0.2) is 0 Å². The van der Waals surface area contributed by atoms with Crippen LogP contribution < -0.4 is 4.74 Å². The maximum Gasteiger partial charge on any atom is 0.331 e. The predicted molar refractivity (Wildman–Crippen MR) is 54.5 cm³/mol. The zero-order valence-electron chi connectivity index (χ0n) is 8.09. The molecule has 0 saturated heterocycles. The fraction of sp³-hybridized carbons (Fsp3) is 0.182. The van der Waals surface area contributed by atoms with Gasteiger partial charge in [-0.3, -0.25) is 0 Å². The van der Waals surface area contributed by atoms with Crippen LogP contribution in [0.1, 0.15) is 6.42 Å². The largest absolute Gasteiger partial charge is 0.478 e. The summed E-state index contributed by atoms with van der Waals surface area (Å²) in [5, 5.41) is 17.9. The monoisotopic (exact) mass is 208 g/mol.